The van der Waals surface area contributed by atoms with Crippen molar-refractivity contribution in [3.8, 4) is 6.07 Å². The second-order valence-corrected chi connectivity index (χ2v) is 6.86. The molecule has 1 saturated heterocycles. The molecule has 0 unspecified atom stereocenters. The molecule has 138 valence electrons. The predicted molar refractivity (Wildman–Crippen MR) is 102 cm³/mol. The molecule has 3 aromatic heterocycles. The van der Waals surface area contributed by atoms with Gasteiger partial charge in [-0.15, -0.1) is 0 Å². The van der Waals surface area contributed by atoms with Crippen LogP contribution in [0.15, 0.2) is 35.6 Å². The number of nitrogens with one attached hydrogen (secondary N) is 2. The number of aromatic nitrogens is 4. The van der Waals surface area contributed by atoms with Crippen LogP contribution in [0.3, 0.4) is 0 Å². The molecular formula is C19H21N7O. The molecule has 0 spiro atoms. The van der Waals surface area contributed by atoms with E-state index in [4.69, 9.17) is 5.26 Å². The van der Waals surface area contributed by atoms with Crippen molar-refractivity contribution in [3.63, 3.8) is 0 Å². The Hall–Kier alpha value is -3.18. The van der Waals surface area contributed by atoms with Crippen molar-refractivity contribution in [1.29, 1.82) is 5.26 Å². The summed E-state index contributed by atoms with van der Waals surface area (Å²) in [5.41, 5.74) is 2.24. The first-order chi connectivity index (χ1) is 13.2. The maximum Gasteiger partial charge on any atom is 0.274 e. The van der Waals surface area contributed by atoms with E-state index >= 15 is 0 Å². The maximum atomic E-state index is 12.1. The first-order valence-corrected chi connectivity index (χ1v) is 9.02. The molecule has 27 heavy (non-hydrogen) atoms. The van der Waals surface area contributed by atoms with E-state index in [9.17, 15) is 4.79 Å². The second-order valence-electron chi connectivity index (χ2n) is 6.86. The van der Waals surface area contributed by atoms with Gasteiger partial charge in [0.05, 0.1) is 18.0 Å². The van der Waals surface area contributed by atoms with Gasteiger partial charge >= 0.3 is 0 Å². The van der Waals surface area contributed by atoms with E-state index in [2.05, 4.69) is 25.2 Å². The Labute approximate surface area is 156 Å². The van der Waals surface area contributed by atoms with Crippen molar-refractivity contribution < 1.29 is 0 Å². The van der Waals surface area contributed by atoms with Crippen LogP contribution in [-0.2, 0) is 13.6 Å². The molecule has 0 saturated carbocycles. The van der Waals surface area contributed by atoms with E-state index in [0.717, 1.165) is 43.4 Å². The van der Waals surface area contributed by atoms with Crippen molar-refractivity contribution in [2.45, 2.75) is 25.4 Å². The zero-order chi connectivity index (χ0) is 18.8. The Morgan fingerprint density at radius 3 is 2.78 bits per heavy atom. The number of aromatic amines is 1. The highest BCUT2D eigenvalue weighted by atomic mass is 16.1. The van der Waals surface area contributed by atoms with Gasteiger partial charge in [0.2, 0.25) is 5.95 Å². The summed E-state index contributed by atoms with van der Waals surface area (Å²) >= 11 is 0. The third kappa shape index (κ3) is 3.41. The molecule has 2 N–H and O–H groups in total. The molecule has 0 atom stereocenters. The highest BCUT2D eigenvalue weighted by molar-refractivity contribution is 5.81. The molecule has 1 aliphatic heterocycles. The molecule has 0 amide bonds. The number of piperidine rings is 1. The van der Waals surface area contributed by atoms with Crippen molar-refractivity contribution in [2.24, 2.45) is 7.05 Å². The van der Waals surface area contributed by atoms with Crippen LogP contribution in [0.1, 0.15) is 24.0 Å². The smallest absolute Gasteiger partial charge is 0.274 e. The van der Waals surface area contributed by atoms with Crippen LogP contribution >= 0.6 is 0 Å². The maximum absolute atomic E-state index is 12.1. The minimum atomic E-state index is -0.00512. The van der Waals surface area contributed by atoms with Crippen LogP contribution in [0.5, 0.6) is 0 Å². The lowest BCUT2D eigenvalue weighted by Gasteiger charge is -2.32. The van der Waals surface area contributed by atoms with Crippen molar-refractivity contribution in [3.05, 3.63) is 52.3 Å². The van der Waals surface area contributed by atoms with Gasteiger partial charge in [0.25, 0.3) is 5.56 Å². The van der Waals surface area contributed by atoms with Crippen molar-refractivity contribution in [2.75, 3.05) is 18.0 Å². The quantitative estimate of drug-likeness (QED) is 0.724. The fourth-order valence-corrected chi connectivity index (χ4v) is 3.57. The van der Waals surface area contributed by atoms with Gasteiger partial charge in [-0.25, -0.2) is 9.97 Å². The molecule has 3 aromatic rings. The van der Waals surface area contributed by atoms with Gasteiger partial charge in [-0.1, -0.05) is 0 Å². The summed E-state index contributed by atoms with van der Waals surface area (Å²) in [4.78, 5) is 25.9. The van der Waals surface area contributed by atoms with E-state index < -0.39 is 0 Å². The number of aryl methyl sites for hydroxylation is 1. The second kappa shape index (κ2) is 7.21. The van der Waals surface area contributed by atoms with Crippen LogP contribution in [0.2, 0.25) is 0 Å². The monoisotopic (exact) mass is 363 g/mol. The Balaban J connectivity index is 1.37. The van der Waals surface area contributed by atoms with E-state index in [0.29, 0.717) is 23.1 Å². The summed E-state index contributed by atoms with van der Waals surface area (Å²) in [6.45, 7) is 2.47. The van der Waals surface area contributed by atoms with Crippen molar-refractivity contribution in [1.82, 2.24) is 24.8 Å². The molecule has 0 aromatic carbocycles. The topological polar surface area (TPSA) is 103 Å². The largest absolute Gasteiger partial charge is 0.357 e. The number of hydrogen-bond acceptors (Lipinski definition) is 6. The van der Waals surface area contributed by atoms with Crippen LogP contribution < -0.4 is 15.8 Å². The first kappa shape index (κ1) is 17.2. The lowest BCUT2D eigenvalue weighted by Crippen LogP contribution is -2.43. The number of fused-ring (bicyclic) bond motifs is 1. The van der Waals surface area contributed by atoms with Gasteiger partial charge in [-0.05, 0) is 24.5 Å². The zero-order valence-corrected chi connectivity index (χ0v) is 15.1. The minimum absolute atomic E-state index is 0.00512. The van der Waals surface area contributed by atoms with Gasteiger partial charge in [0, 0.05) is 50.5 Å². The first-order valence-electron chi connectivity index (χ1n) is 9.02. The van der Waals surface area contributed by atoms with E-state index in [1.807, 2.05) is 24.5 Å². The summed E-state index contributed by atoms with van der Waals surface area (Å²) in [6.07, 6.45) is 8.83. The van der Waals surface area contributed by atoms with Gasteiger partial charge in [0.1, 0.15) is 11.6 Å². The molecule has 1 aliphatic rings. The zero-order valence-electron chi connectivity index (χ0n) is 15.1. The third-order valence-electron chi connectivity index (χ3n) is 5.10. The number of anilines is 1. The fourth-order valence-electron chi connectivity index (χ4n) is 3.57. The van der Waals surface area contributed by atoms with Gasteiger partial charge in [-0.3, -0.25) is 4.79 Å². The Morgan fingerprint density at radius 2 is 2.07 bits per heavy atom. The summed E-state index contributed by atoms with van der Waals surface area (Å²) in [5.74, 6) is 0.680. The van der Waals surface area contributed by atoms with Gasteiger partial charge < -0.3 is 19.8 Å². The van der Waals surface area contributed by atoms with E-state index in [-0.39, 0.29) is 5.56 Å². The number of rotatable bonds is 4. The van der Waals surface area contributed by atoms with Crippen LogP contribution in [0.25, 0.3) is 10.9 Å². The van der Waals surface area contributed by atoms with Crippen LogP contribution in [-0.4, -0.2) is 38.7 Å². The average molecular weight is 363 g/mol. The summed E-state index contributed by atoms with van der Waals surface area (Å²) < 4.78 is 1.63. The molecule has 1 fully saturated rings. The SMILES string of the molecule is Cn1cc(CNC2CCN(c3ncc(C#N)cn3)CC2)c2cc[nH]c2c1=O. The van der Waals surface area contributed by atoms with Crippen LogP contribution in [0, 0.1) is 11.3 Å². The normalized spacial score (nSPS) is 15.2. The molecule has 4 heterocycles. The molecule has 0 bridgehead atoms. The Morgan fingerprint density at radius 1 is 1.33 bits per heavy atom. The number of nitriles is 1. The summed E-state index contributed by atoms with van der Waals surface area (Å²) in [7, 11) is 1.78. The molecule has 8 nitrogen and oxygen atoms in total. The number of hydrogen-bond donors (Lipinski definition) is 2. The average Bonchev–Trinajstić information content (AvgIpc) is 3.20. The number of H-pyrrole nitrogens is 1. The Bertz CT molecular complexity index is 1040. The highest BCUT2D eigenvalue weighted by Crippen LogP contribution is 2.18. The molecule has 0 aliphatic carbocycles. The van der Waals surface area contributed by atoms with E-state index in [1.54, 1.807) is 24.0 Å². The predicted octanol–water partition coefficient (Wildman–Crippen LogP) is 1.29. The number of pyridine rings is 1. The molecule has 0 radical (unpaired) electrons. The van der Waals surface area contributed by atoms with Crippen molar-refractivity contribution >= 4 is 16.9 Å². The lowest BCUT2D eigenvalue weighted by atomic mass is 10.0. The fraction of sp³-hybridized carbons (Fsp3) is 0.368. The van der Waals surface area contributed by atoms with Gasteiger partial charge in [0.15, 0.2) is 0 Å². The van der Waals surface area contributed by atoms with E-state index in [1.165, 1.54) is 0 Å². The molecule has 4 rings (SSSR count). The third-order valence-corrected chi connectivity index (χ3v) is 5.10. The molecular weight excluding hydrogens is 342 g/mol. The summed E-state index contributed by atoms with van der Waals surface area (Å²) in [5, 5.41) is 13.4. The summed E-state index contributed by atoms with van der Waals surface area (Å²) in [6, 6.07) is 4.40. The lowest BCUT2D eigenvalue weighted by molar-refractivity contribution is 0.411. The number of nitrogens with zero attached hydrogens (tertiary/aromatic N) is 5. The Kier molecular flexibility index (Phi) is 4.60. The molecule has 8 heteroatoms. The van der Waals surface area contributed by atoms with Gasteiger partial charge in [-0.2, -0.15) is 5.26 Å². The standard InChI is InChI=1S/C19H21N7O/c1-25-12-14(16-2-5-21-17(16)18(25)27)11-22-15-3-6-26(7-4-15)19-23-9-13(8-20)10-24-19/h2,5,9-10,12,15,21-22H,3-4,6-7,11H2,1H3. The highest BCUT2D eigenvalue weighted by Gasteiger charge is 2.21. The van der Waals surface area contributed by atoms with Crippen LogP contribution in [0.4, 0.5) is 5.95 Å². The minimum Gasteiger partial charge on any atom is -0.357 e.